The first kappa shape index (κ1) is 42.5. The van der Waals surface area contributed by atoms with Crippen molar-refractivity contribution in [2.45, 2.75) is 149 Å². The van der Waals surface area contributed by atoms with Gasteiger partial charge in [-0.15, -0.1) is 0 Å². The molecule has 9 rings (SSSR count). The molecule has 0 N–H and O–H groups in total. The molecule has 3 aromatic rings. The second kappa shape index (κ2) is 19.7. The van der Waals surface area contributed by atoms with Gasteiger partial charge in [0.1, 0.15) is 0 Å². The van der Waals surface area contributed by atoms with E-state index in [2.05, 4.69) is 136 Å². The Morgan fingerprint density at radius 2 is 1.61 bits per heavy atom. The molecule has 6 unspecified atom stereocenters. The van der Waals surface area contributed by atoms with Crippen LogP contribution >= 0.6 is 0 Å². The van der Waals surface area contributed by atoms with E-state index in [1.54, 1.807) is 11.1 Å². The Labute approximate surface area is 371 Å². The van der Waals surface area contributed by atoms with E-state index < -0.39 is 0 Å². The Morgan fingerprint density at radius 3 is 2.44 bits per heavy atom. The van der Waals surface area contributed by atoms with Gasteiger partial charge in [-0.25, -0.2) is 0 Å². The smallest absolute Gasteiger partial charge is 0.0439 e. The number of anilines is 1. The van der Waals surface area contributed by atoms with Crippen LogP contribution in [0.2, 0.25) is 0 Å². The van der Waals surface area contributed by atoms with Gasteiger partial charge in [0, 0.05) is 18.8 Å². The molecule has 1 aliphatic heterocycles. The highest BCUT2D eigenvalue weighted by Gasteiger charge is 2.45. The lowest BCUT2D eigenvalue weighted by Crippen LogP contribution is -2.43. The number of fused-ring (bicyclic) bond motifs is 4. The maximum absolute atomic E-state index is 2.88. The standard InChI is InChI=1S/C60H77N/c1-5-7-20-45(19-6-2)51-37-38-59(58-30-18-17-28-56(51)58)60-41-61(49-34-33-44-21-11-12-24-47(44)39-49)40-48(32-31-42(3)43(4)50-25-13-14-26-54(50)60)53-36-35-52(46-22-9-8-10-23-46)55-27-15-16-29-57(53)55/h5,7-9,12,15-16,24,27,29,31-36,39,43,45-46,50-51,56,58-59H,6,10-11,13-14,17-23,25-26,28,30,37-38,40-41H2,1-4H3/b7-5-,42-31+,48-32+,60-54+/t43?,45?,46-,50?,51?,56-,58?,59?/m1/s1. The molecule has 1 heterocycles. The lowest BCUT2D eigenvalue weighted by molar-refractivity contribution is 0.0298. The van der Waals surface area contributed by atoms with E-state index in [1.807, 2.05) is 11.1 Å². The van der Waals surface area contributed by atoms with Gasteiger partial charge in [0.05, 0.1) is 0 Å². The second-order valence-electron chi connectivity index (χ2n) is 20.5. The van der Waals surface area contributed by atoms with Gasteiger partial charge in [0.25, 0.3) is 0 Å². The summed E-state index contributed by atoms with van der Waals surface area (Å²) >= 11 is 0. The summed E-state index contributed by atoms with van der Waals surface area (Å²) < 4.78 is 0. The molecule has 8 atom stereocenters. The van der Waals surface area contributed by atoms with Gasteiger partial charge < -0.3 is 4.90 Å². The summed E-state index contributed by atoms with van der Waals surface area (Å²) in [5.74, 6) is 5.94. The van der Waals surface area contributed by atoms with Crippen LogP contribution in [-0.2, 0) is 6.42 Å². The van der Waals surface area contributed by atoms with Crippen molar-refractivity contribution in [2.75, 3.05) is 18.0 Å². The third kappa shape index (κ3) is 9.02. The van der Waals surface area contributed by atoms with Crippen molar-refractivity contribution >= 4 is 28.1 Å². The zero-order valence-corrected chi connectivity index (χ0v) is 38.5. The van der Waals surface area contributed by atoms with Crippen LogP contribution in [0.5, 0.6) is 0 Å². The fourth-order valence-electron chi connectivity index (χ4n) is 13.9. The van der Waals surface area contributed by atoms with Crippen LogP contribution in [0.15, 0.2) is 114 Å². The number of hydrogen-bond acceptors (Lipinski definition) is 1. The minimum Gasteiger partial charge on any atom is -0.363 e. The molecule has 322 valence electrons. The highest BCUT2D eigenvalue weighted by molar-refractivity contribution is 5.97. The summed E-state index contributed by atoms with van der Waals surface area (Å²) in [6.07, 6.45) is 43.4. The van der Waals surface area contributed by atoms with E-state index >= 15 is 0 Å². The highest BCUT2D eigenvalue weighted by Crippen LogP contribution is 2.55. The Balaban J connectivity index is 1.18. The van der Waals surface area contributed by atoms with Gasteiger partial charge in [-0.3, -0.25) is 0 Å². The van der Waals surface area contributed by atoms with Crippen LogP contribution in [-0.4, -0.2) is 13.1 Å². The molecule has 61 heavy (non-hydrogen) atoms. The molecule has 3 aromatic carbocycles. The third-order valence-electron chi connectivity index (χ3n) is 17.2. The van der Waals surface area contributed by atoms with Crippen molar-refractivity contribution in [1.29, 1.82) is 0 Å². The Bertz CT molecular complexity index is 2190. The molecule has 0 radical (unpaired) electrons. The summed E-state index contributed by atoms with van der Waals surface area (Å²) in [7, 11) is 0. The van der Waals surface area contributed by atoms with Gasteiger partial charge in [-0.05, 0) is 201 Å². The van der Waals surface area contributed by atoms with E-state index in [-0.39, 0.29) is 0 Å². The van der Waals surface area contributed by atoms with E-state index in [0.29, 0.717) is 23.7 Å². The monoisotopic (exact) mass is 812 g/mol. The minimum absolute atomic E-state index is 0.551. The molecule has 5 aliphatic carbocycles. The maximum atomic E-state index is 2.88. The molecule has 6 aliphatic rings. The van der Waals surface area contributed by atoms with Crippen molar-refractivity contribution in [3.05, 3.63) is 136 Å². The van der Waals surface area contributed by atoms with Crippen LogP contribution < -0.4 is 4.90 Å². The van der Waals surface area contributed by atoms with Gasteiger partial charge >= 0.3 is 0 Å². The van der Waals surface area contributed by atoms with E-state index in [4.69, 9.17) is 0 Å². The van der Waals surface area contributed by atoms with Crippen LogP contribution in [0.4, 0.5) is 5.69 Å². The summed E-state index contributed by atoms with van der Waals surface area (Å²) in [5.41, 5.74) is 14.1. The average Bonchev–Trinajstić information content (AvgIpc) is 3.33. The number of hydrogen-bond donors (Lipinski definition) is 0. The van der Waals surface area contributed by atoms with E-state index in [1.165, 1.54) is 135 Å². The number of allylic oxidation sites excluding steroid dienone is 9. The normalized spacial score (nSPS) is 31.9. The lowest BCUT2D eigenvalue weighted by Gasteiger charge is -2.51. The van der Waals surface area contributed by atoms with Crippen LogP contribution in [0.25, 0.3) is 22.4 Å². The largest absolute Gasteiger partial charge is 0.363 e. The quantitative estimate of drug-likeness (QED) is 0.195. The molecular formula is C60H77N. The first-order valence-electron chi connectivity index (χ1n) is 25.4. The molecule has 3 fully saturated rings. The molecule has 0 bridgehead atoms. The van der Waals surface area contributed by atoms with Crippen molar-refractivity contribution in [2.24, 2.45) is 41.4 Å². The first-order chi connectivity index (χ1) is 30.0. The number of aryl methyl sites for hydroxylation is 1. The van der Waals surface area contributed by atoms with Crippen molar-refractivity contribution in [3.63, 3.8) is 0 Å². The second-order valence-corrected chi connectivity index (χ2v) is 20.5. The summed E-state index contributed by atoms with van der Waals surface area (Å²) in [4.78, 5) is 2.88. The Hall–Kier alpha value is -3.84. The van der Waals surface area contributed by atoms with Gasteiger partial charge in [-0.1, -0.05) is 148 Å². The van der Waals surface area contributed by atoms with Gasteiger partial charge in [-0.2, -0.15) is 0 Å². The predicted molar refractivity (Wildman–Crippen MR) is 265 cm³/mol. The molecule has 3 saturated carbocycles. The summed E-state index contributed by atoms with van der Waals surface area (Å²) in [5, 5.41) is 2.89. The average molecular weight is 812 g/mol. The summed E-state index contributed by atoms with van der Waals surface area (Å²) in [6, 6.07) is 22.0. The van der Waals surface area contributed by atoms with Crippen LogP contribution in [0.3, 0.4) is 0 Å². The molecule has 1 nitrogen and oxygen atoms in total. The lowest BCUT2D eigenvalue weighted by atomic mass is 9.55. The SMILES string of the molecule is C/C=C\CC(CCC)C1CCC(/C2=C3\CCCCC3C(C)/C(C)=C/C=C(/c3ccc([C@@H]4CC=CCC4)c4ccccc34)CN(c3ccc4c(c3)C=CCC4)C2)C2CCCC[C@H]12. The molecule has 0 saturated heterocycles. The number of benzene rings is 3. The van der Waals surface area contributed by atoms with Crippen molar-refractivity contribution in [1.82, 2.24) is 0 Å². The highest BCUT2D eigenvalue weighted by atomic mass is 15.1. The molecule has 0 spiro atoms. The van der Waals surface area contributed by atoms with Crippen molar-refractivity contribution in [3.8, 4) is 0 Å². The third-order valence-corrected chi connectivity index (χ3v) is 17.2. The zero-order chi connectivity index (χ0) is 41.7. The van der Waals surface area contributed by atoms with Crippen LogP contribution in [0, 0.1) is 41.4 Å². The zero-order valence-electron chi connectivity index (χ0n) is 38.5. The molecule has 0 aromatic heterocycles. The predicted octanol–water partition coefficient (Wildman–Crippen LogP) is 16.8. The van der Waals surface area contributed by atoms with Gasteiger partial charge in [0.2, 0.25) is 0 Å². The van der Waals surface area contributed by atoms with Gasteiger partial charge in [0.15, 0.2) is 0 Å². The fraction of sp³-hybridized carbons (Fsp3) is 0.533. The molecule has 1 heteroatoms. The van der Waals surface area contributed by atoms with E-state index in [0.717, 1.165) is 56.0 Å². The number of rotatable bonds is 9. The van der Waals surface area contributed by atoms with E-state index in [9.17, 15) is 0 Å². The fourth-order valence-corrected chi connectivity index (χ4v) is 13.9. The topological polar surface area (TPSA) is 3.24 Å². The molecular weight excluding hydrogens is 735 g/mol. The first-order valence-corrected chi connectivity index (χ1v) is 25.4. The minimum atomic E-state index is 0.551. The summed E-state index contributed by atoms with van der Waals surface area (Å²) in [6.45, 7) is 11.7. The Morgan fingerprint density at radius 1 is 0.754 bits per heavy atom. The number of nitrogens with zero attached hydrogens (tertiary/aromatic N) is 1. The van der Waals surface area contributed by atoms with Crippen LogP contribution in [0.1, 0.15) is 165 Å². The molecule has 0 amide bonds. The van der Waals surface area contributed by atoms with Crippen molar-refractivity contribution < 1.29 is 0 Å². The maximum Gasteiger partial charge on any atom is 0.0439 e. The Kier molecular flexibility index (Phi) is 13.7.